The zero-order valence-corrected chi connectivity index (χ0v) is 14.8. The highest BCUT2D eigenvalue weighted by molar-refractivity contribution is 7.86. The number of hydrogen-bond acceptors (Lipinski definition) is 5. The lowest BCUT2D eigenvalue weighted by molar-refractivity contribution is -0.776. The van der Waals surface area contributed by atoms with Crippen LogP contribution >= 0.6 is 0 Å². The van der Waals surface area contributed by atoms with E-state index in [4.69, 9.17) is 0 Å². The van der Waals surface area contributed by atoms with Crippen LogP contribution in [0.1, 0.15) is 11.7 Å². The Bertz CT molecular complexity index is 1090. The Morgan fingerprint density at radius 3 is 2.62 bits per heavy atom. The van der Waals surface area contributed by atoms with Crippen LogP contribution in [0.5, 0.6) is 0 Å². The molecular weight excluding hydrogens is 350 g/mol. The van der Waals surface area contributed by atoms with Gasteiger partial charge in [0.05, 0.1) is 12.1 Å². The average Bonchev–Trinajstić information content (AvgIpc) is 3.12. The Balaban J connectivity index is 1.92. The van der Waals surface area contributed by atoms with Crippen molar-refractivity contribution >= 4 is 20.9 Å². The third-order valence-electron chi connectivity index (χ3n) is 4.93. The van der Waals surface area contributed by atoms with Gasteiger partial charge >= 0.3 is 16.2 Å². The fraction of sp³-hybridized carbons (Fsp3) is 0.222. The molecule has 7 nitrogen and oxygen atoms in total. The minimum atomic E-state index is -3.93. The Labute approximate surface area is 151 Å². The largest absolute Gasteiger partial charge is 0.341 e. The lowest BCUT2D eigenvalue weighted by Gasteiger charge is -2.38. The summed E-state index contributed by atoms with van der Waals surface area (Å²) in [6.45, 7) is 0.972. The highest BCUT2D eigenvalue weighted by atomic mass is 32.2. The summed E-state index contributed by atoms with van der Waals surface area (Å²) in [5.41, 5.74) is 1.41. The number of para-hydroxylation sites is 1. The smallest absolute Gasteiger partial charge is 0.305 e. The molecule has 0 aliphatic carbocycles. The van der Waals surface area contributed by atoms with Gasteiger partial charge in [-0.2, -0.15) is 13.5 Å². The molecule has 2 heterocycles. The van der Waals surface area contributed by atoms with E-state index in [0.29, 0.717) is 18.8 Å². The second-order valence-electron chi connectivity index (χ2n) is 6.28. The van der Waals surface area contributed by atoms with Gasteiger partial charge in [-0.25, -0.2) is 0 Å². The number of aromatic amines is 1. The standard InChI is InChI=1S/C18H18N5O2S/c19-13-23(26(24,25)14-6-2-1-3-7-14)11-10-20-12-17(23)18-15-8-4-5-9-16(15)21-22-18/h1-9,17,20H,10-12H2,(H,21,22)/q+1. The number of aromatic nitrogens is 2. The number of piperazine rings is 1. The first-order valence-corrected chi connectivity index (χ1v) is 9.77. The molecule has 0 spiro atoms. The summed E-state index contributed by atoms with van der Waals surface area (Å²) in [5, 5.41) is 21.4. The van der Waals surface area contributed by atoms with E-state index < -0.39 is 20.0 Å². The molecule has 132 valence electrons. The maximum Gasteiger partial charge on any atom is 0.341 e. The van der Waals surface area contributed by atoms with Gasteiger partial charge in [0.2, 0.25) is 0 Å². The first-order chi connectivity index (χ1) is 12.6. The lowest BCUT2D eigenvalue weighted by Crippen LogP contribution is -2.60. The van der Waals surface area contributed by atoms with Crippen LogP contribution in [0.15, 0.2) is 59.5 Å². The summed E-state index contributed by atoms with van der Waals surface area (Å²) in [4.78, 5) is 0.150. The van der Waals surface area contributed by atoms with Gasteiger partial charge in [0, 0.05) is 11.9 Å². The van der Waals surface area contributed by atoms with Gasteiger partial charge in [-0.15, -0.1) is 9.15 Å². The van der Waals surface area contributed by atoms with E-state index >= 15 is 0 Å². The number of fused-ring (bicyclic) bond motifs is 1. The summed E-state index contributed by atoms with van der Waals surface area (Å²) in [6.07, 6.45) is 2.12. The minimum absolute atomic E-state index is 0.150. The van der Waals surface area contributed by atoms with Crippen LogP contribution < -0.4 is 5.32 Å². The van der Waals surface area contributed by atoms with Gasteiger partial charge in [-0.1, -0.05) is 36.4 Å². The number of nitrogens with one attached hydrogen (secondary N) is 2. The van der Waals surface area contributed by atoms with Gasteiger partial charge in [0.15, 0.2) is 6.04 Å². The first kappa shape index (κ1) is 16.7. The quantitative estimate of drug-likeness (QED) is 0.543. The molecule has 8 heteroatoms. The molecule has 1 aliphatic rings. The van der Waals surface area contributed by atoms with Crippen LogP contribution in [-0.2, 0) is 10.0 Å². The Hall–Kier alpha value is -2.73. The summed E-state index contributed by atoms with van der Waals surface area (Å²) in [5.74, 6) is 0. The lowest BCUT2D eigenvalue weighted by atomic mass is 10.1. The zero-order chi connectivity index (χ0) is 18.2. The van der Waals surface area contributed by atoms with Gasteiger partial charge < -0.3 is 5.32 Å². The van der Waals surface area contributed by atoms with Gasteiger partial charge in [0.25, 0.3) is 0 Å². The zero-order valence-electron chi connectivity index (χ0n) is 14.0. The fourth-order valence-electron chi connectivity index (χ4n) is 3.57. The number of sulfonamides is 1. The molecule has 0 amide bonds. The van der Waals surface area contributed by atoms with E-state index in [1.165, 1.54) is 12.1 Å². The minimum Gasteiger partial charge on any atom is -0.305 e. The van der Waals surface area contributed by atoms with Crippen molar-refractivity contribution in [2.24, 2.45) is 0 Å². The summed E-state index contributed by atoms with van der Waals surface area (Å²) >= 11 is 0. The molecule has 0 radical (unpaired) electrons. The van der Waals surface area contributed by atoms with E-state index in [9.17, 15) is 13.7 Å². The number of rotatable bonds is 3. The van der Waals surface area contributed by atoms with E-state index in [2.05, 4.69) is 21.7 Å². The van der Waals surface area contributed by atoms with E-state index in [-0.39, 0.29) is 11.4 Å². The van der Waals surface area contributed by atoms with Crippen LogP contribution in [0.4, 0.5) is 0 Å². The summed E-state index contributed by atoms with van der Waals surface area (Å²) in [6, 6.07) is 15.1. The van der Waals surface area contributed by atoms with Gasteiger partial charge in [-0.05, 0) is 18.2 Å². The predicted octanol–water partition coefficient (Wildman–Crippen LogP) is 1.89. The third-order valence-corrected chi connectivity index (χ3v) is 7.17. The van der Waals surface area contributed by atoms with E-state index in [1.807, 2.05) is 24.3 Å². The van der Waals surface area contributed by atoms with Crippen molar-refractivity contribution in [3.05, 3.63) is 60.3 Å². The van der Waals surface area contributed by atoms with Crippen molar-refractivity contribution in [2.75, 3.05) is 19.6 Å². The van der Waals surface area contributed by atoms with Crippen molar-refractivity contribution in [2.45, 2.75) is 10.9 Å². The molecule has 1 saturated heterocycles. The second kappa shape index (κ2) is 6.21. The van der Waals surface area contributed by atoms with Crippen molar-refractivity contribution in [3.8, 4) is 6.19 Å². The van der Waals surface area contributed by atoms with Crippen LogP contribution in [0.25, 0.3) is 10.9 Å². The topological polar surface area (TPSA) is 98.6 Å². The highest BCUT2D eigenvalue weighted by Gasteiger charge is 2.54. The van der Waals surface area contributed by atoms with Gasteiger partial charge in [0.1, 0.15) is 17.1 Å². The molecule has 1 aromatic heterocycles. The maximum atomic E-state index is 13.5. The second-order valence-corrected chi connectivity index (χ2v) is 8.35. The SMILES string of the molecule is N#C[N+]1(S(=O)(=O)c2ccccc2)CCNCC1c1[nH]nc2ccccc12. The Morgan fingerprint density at radius 1 is 1.12 bits per heavy atom. The third kappa shape index (κ3) is 2.33. The molecule has 1 aliphatic heterocycles. The maximum absolute atomic E-state index is 13.5. The highest BCUT2D eigenvalue weighted by Crippen LogP contribution is 2.38. The molecule has 4 rings (SSSR count). The number of H-pyrrole nitrogens is 1. The predicted molar refractivity (Wildman–Crippen MR) is 96.1 cm³/mol. The molecule has 26 heavy (non-hydrogen) atoms. The number of benzene rings is 2. The van der Waals surface area contributed by atoms with E-state index in [1.54, 1.807) is 18.2 Å². The normalized spacial score (nSPS) is 23.6. The van der Waals surface area contributed by atoms with Crippen LogP contribution in [0, 0.1) is 11.5 Å². The van der Waals surface area contributed by atoms with E-state index in [0.717, 1.165) is 10.9 Å². The molecule has 2 aromatic carbocycles. The first-order valence-electron chi connectivity index (χ1n) is 8.33. The Morgan fingerprint density at radius 2 is 1.85 bits per heavy atom. The van der Waals surface area contributed by atoms with Crippen molar-refractivity contribution < 1.29 is 12.3 Å². The molecule has 0 bridgehead atoms. The summed E-state index contributed by atoms with van der Waals surface area (Å²) in [7, 11) is -3.93. The van der Waals surface area contributed by atoms with Crippen molar-refractivity contribution in [1.82, 2.24) is 15.5 Å². The molecule has 1 fully saturated rings. The van der Waals surface area contributed by atoms with Crippen molar-refractivity contribution in [3.63, 3.8) is 0 Å². The molecule has 0 saturated carbocycles. The number of hydrogen-bond donors (Lipinski definition) is 2. The van der Waals surface area contributed by atoms with Crippen LogP contribution in [0.2, 0.25) is 0 Å². The summed E-state index contributed by atoms with van der Waals surface area (Å²) < 4.78 is 26.2. The molecule has 3 aromatic rings. The average molecular weight is 368 g/mol. The molecular formula is C18H18N5O2S+. The monoisotopic (exact) mass is 368 g/mol. The number of nitrogens with zero attached hydrogens (tertiary/aromatic N) is 3. The number of nitriles is 1. The van der Waals surface area contributed by atoms with Crippen molar-refractivity contribution in [1.29, 1.82) is 5.26 Å². The Kier molecular flexibility index (Phi) is 4.00. The molecule has 2 unspecified atom stereocenters. The molecule has 2 atom stereocenters. The fourth-order valence-corrected chi connectivity index (χ4v) is 5.40. The number of quaternary nitrogens is 1. The molecule has 2 N–H and O–H groups in total. The van der Waals surface area contributed by atoms with Gasteiger partial charge in [-0.3, -0.25) is 5.10 Å². The van der Waals surface area contributed by atoms with Crippen LogP contribution in [-0.4, -0.2) is 42.1 Å². The van der Waals surface area contributed by atoms with Crippen LogP contribution in [0.3, 0.4) is 0 Å².